The molecule has 1 amide bonds. The molecule has 0 radical (unpaired) electrons. The molecular weight excluding hydrogens is 334 g/mol. The summed E-state index contributed by atoms with van der Waals surface area (Å²) in [6.07, 6.45) is 3.93. The molecule has 1 aromatic rings. The molecule has 144 valence electrons. The van der Waals surface area contributed by atoms with Gasteiger partial charge in [0.15, 0.2) is 0 Å². The lowest BCUT2D eigenvalue weighted by Gasteiger charge is -2.43. The highest BCUT2D eigenvalue weighted by Crippen LogP contribution is 2.30. The molecule has 2 aliphatic heterocycles. The van der Waals surface area contributed by atoms with Crippen LogP contribution < -0.4 is 0 Å². The highest BCUT2D eigenvalue weighted by Gasteiger charge is 2.37. The van der Waals surface area contributed by atoms with Gasteiger partial charge in [0.2, 0.25) is 5.91 Å². The van der Waals surface area contributed by atoms with Crippen LogP contribution in [0.4, 0.5) is 0 Å². The Morgan fingerprint density at radius 1 is 1.31 bits per heavy atom. The number of carbonyl (C=O) groups excluding carboxylic acids is 1. The zero-order chi connectivity index (χ0) is 18.2. The third kappa shape index (κ3) is 5.01. The first kappa shape index (κ1) is 19.2. The Morgan fingerprint density at radius 2 is 2.15 bits per heavy atom. The molecule has 0 unspecified atom stereocenters. The first-order chi connectivity index (χ1) is 12.8. The van der Waals surface area contributed by atoms with E-state index in [-0.39, 0.29) is 18.1 Å². The van der Waals surface area contributed by atoms with E-state index in [9.17, 15) is 4.79 Å². The molecule has 0 aliphatic carbocycles. The Hall–Kier alpha value is -1.54. The van der Waals surface area contributed by atoms with Gasteiger partial charge in [0.1, 0.15) is 0 Å². The summed E-state index contributed by atoms with van der Waals surface area (Å²) in [5, 5.41) is 0. The van der Waals surface area contributed by atoms with E-state index in [1.165, 1.54) is 0 Å². The highest BCUT2D eigenvalue weighted by molar-refractivity contribution is 5.77. The van der Waals surface area contributed by atoms with Crippen LogP contribution in [0.5, 0.6) is 0 Å². The Bertz CT molecular complexity index is 551. The molecule has 7 nitrogen and oxygen atoms in total. The van der Waals surface area contributed by atoms with E-state index in [2.05, 4.69) is 9.88 Å². The van der Waals surface area contributed by atoms with Gasteiger partial charge in [0.05, 0.1) is 45.0 Å². The van der Waals surface area contributed by atoms with Gasteiger partial charge in [-0.05, 0) is 18.6 Å². The molecule has 3 rings (SSSR count). The van der Waals surface area contributed by atoms with Crippen LogP contribution in [0, 0.1) is 0 Å². The summed E-state index contributed by atoms with van der Waals surface area (Å²) in [6, 6.07) is 3.83. The molecule has 2 saturated heterocycles. The average molecular weight is 363 g/mol. The van der Waals surface area contributed by atoms with Crippen molar-refractivity contribution in [2.45, 2.75) is 25.5 Å². The fraction of sp³-hybridized carbons (Fsp3) is 0.684. The summed E-state index contributed by atoms with van der Waals surface area (Å²) in [7, 11) is 0. The topological polar surface area (TPSA) is 64.1 Å². The molecule has 0 aromatic carbocycles. The van der Waals surface area contributed by atoms with E-state index in [0.717, 1.165) is 38.4 Å². The zero-order valence-electron chi connectivity index (χ0n) is 15.5. The summed E-state index contributed by atoms with van der Waals surface area (Å²) in [5.74, 6) is 0.114. The van der Waals surface area contributed by atoms with E-state index in [4.69, 9.17) is 14.2 Å². The molecule has 0 spiro atoms. The zero-order valence-corrected chi connectivity index (χ0v) is 15.5. The minimum atomic E-state index is -0.116. The molecule has 7 heteroatoms. The van der Waals surface area contributed by atoms with Crippen molar-refractivity contribution in [1.29, 1.82) is 0 Å². The largest absolute Gasteiger partial charge is 0.381 e. The van der Waals surface area contributed by atoms with Crippen molar-refractivity contribution in [3.63, 3.8) is 0 Å². The van der Waals surface area contributed by atoms with Gasteiger partial charge in [-0.25, -0.2) is 0 Å². The van der Waals surface area contributed by atoms with Crippen LogP contribution in [-0.2, 0) is 19.0 Å². The molecule has 0 bridgehead atoms. The predicted octanol–water partition coefficient (Wildman–Crippen LogP) is 1.11. The minimum Gasteiger partial charge on any atom is -0.381 e. The van der Waals surface area contributed by atoms with Crippen LogP contribution in [0.15, 0.2) is 24.5 Å². The monoisotopic (exact) mass is 363 g/mol. The maximum atomic E-state index is 12.8. The van der Waals surface area contributed by atoms with Gasteiger partial charge >= 0.3 is 0 Å². The number of hydrogen-bond acceptors (Lipinski definition) is 6. The second-order valence-corrected chi connectivity index (χ2v) is 6.59. The second-order valence-electron chi connectivity index (χ2n) is 6.59. The third-order valence-electron chi connectivity index (χ3n) is 4.90. The van der Waals surface area contributed by atoms with E-state index in [0.29, 0.717) is 32.8 Å². The van der Waals surface area contributed by atoms with Crippen LogP contribution in [0.25, 0.3) is 0 Å². The fourth-order valence-corrected chi connectivity index (χ4v) is 3.60. The Labute approximate surface area is 155 Å². The molecular formula is C19H29N3O4. The first-order valence-electron chi connectivity index (χ1n) is 9.48. The van der Waals surface area contributed by atoms with E-state index in [1.807, 2.05) is 30.2 Å². The van der Waals surface area contributed by atoms with Crippen molar-refractivity contribution in [1.82, 2.24) is 14.8 Å². The summed E-state index contributed by atoms with van der Waals surface area (Å²) in [4.78, 5) is 21.4. The molecule has 3 heterocycles. The van der Waals surface area contributed by atoms with Crippen molar-refractivity contribution in [3.05, 3.63) is 30.1 Å². The van der Waals surface area contributed by atoms with Crippen LogP contribution >= 0.6 is 0 Å². The standard InChI is InChI=1S/C19H29N3O4/c1-2-24-10-5-18(23)22-9-13-26-17(15-21-7-11-25-12-8-21)19(22)16-4-3-6-20-14-16/h3-4,6,14,17,19H,2,5,7-13,15H2,1H3/t17-,19-/m0/s1. The molecule has 26 heavy (non-hydrogen) atoms. The number of hydrogen-bond donors (Lipinski definition) is 0. The van der Waals surface area contributed by atoms with Crippen LogP contribution in [0.2, 0.25) is 0 Å². The quantitative estimate of drug-likeness (QED) is 0.676. The van der Waals surface area contributed by atoms with Gasteiger partial charge in [-0.2, -0.15) is 0 Å². The van der Waals surface area contributed by atoms with Crippen molar-refractivity contribution in [2.24, 2.45) is 0 Å². The summed E-state index contributed by atoms with van der Waals surface area (Å²) >= 11 is 0. The Morgan fingerprint density at radius 3 is 2.88 bits per heavy atom. The van der Waals surface area contributed by atoms with Crippen LogP contribution in [0.1, 0.15) is 24.9 Å². The van der Waals surface area contributed by atoms with Gasteiger partial charge < -0.3 is 19.1 Å². The normalized spacial score (nSPS) is 24.6. The lowest BCUT2D eigenvalue weighted by atomic mass is 9.98. The average Bonchev–Trinajstić information content (AvgIpc) is 2.69. The predicted molar refractivity (Wildman–Crippen MR) is 96.8 cm³/mol. The number of ether oxygens (including phenoxy) is 3. The Kier molecular flexibility index (Phi) is 7.37. The summed E-state index contributed by atoms with van der Waals surface area (Å²) in [6.45, 7) is 8.28. The molecule has 0 saturated carbocycles. The maximum Gasteiger partial charge on any atom is 0.225 e. The number of aromatic nitrogens is 1. The number of nitrogens with zero attached hydrogens (tertiary/aromatic N) is 3. The van der Waals surface area contributed by atoms with Gasteiger partial charge in [0, 0.05) is 45.2 Å². The van der Waals surface area contributed by atoms with Crippen molar-refractivity contribution in [2.75, 3.05) is 59.2 Å². The van der Waals surface area contributed by atoms with Crippen molar-refractivity contribution in [3.8, 4) is 0 Å². The molecule has 1 aromatic heterocycles. The van der Waals surface area contributed by atoms with Crippen molar-refractivity contribution >= 4 is 5.91 Å². The van der Waals surface area contributed by atoms with Gasteiger partial charge in [-0.1, -0.05) is 6.07 Å². The molecule has 0 N–H and O–H groups in total. The Balaban J connectivity index is 1.75. The fourth-order valence-electron chi connectivity index (χ4n) is 3.60. The smallest absolute Gasteiger partial charge is 0.225 e. The summed E-state index contributed by atoms with van der Waals surface area (Å²) in [5.41, 5.74) is 1.02. The number of rotatable bonds is 7. The van der Waals surface area contributed by atoms with Crippen molar-refractivity contribution < 1.29 is 19.0 Å². The lowest BCUT2D eigenvalue weighted by molar-refractivity contribution is -0.150. The highest BCUT2D eigenvalue weighted by atomic mass is 16.5. The summed E-state index contributed by atoms with van der Waals surface area (Å²) < 4.78 is 16.9. The number of morpholine rings is 2. The van der Waals surface area contributed by atoms with Crippen LogP contribution in [0.3, 0.4) is 0 Å². The number of amides is 1. The van der Waals surface area contributed by atoms with E-state index < -0.39 is 0 Å². The minimum absolute atomic E-state index is 0.0675. The van der Waals surface area contributed by atoms with Gasteiger partial charge in [-0.3, -0.25) is 14.7 Å². The lowest BCUT2D eigenvalue weighted by Crippen LogP contribution is -2.53. The van der Waals surface area contributed by atoms with E-state index >= 15 is 0 Å². The number of carbonyl (C=O) groups is 1. The van der Waals surface area contributed by atoms with E-state index in [1.54, 1.807) is 6.20 Å². The SMILES string of the molecule is CCOCCC(=O)N1CCO[C@@H](CN2CCOCC2)[C@@H]1c1cccnc1. The second kappa shape index (κ2) is 9.97. The molecule has 2 fully saturated rings. The molecule has 2 atom stereocenters. The van der Waals surface area contributed by atoms with Crippen LogP contribution in [-0.4, -0.2) is 86.0 Å². The van der Waals surface area contributed by atoms with Gasteiger partial charge in [-0.15, -0.1) is 0 Å². The third-order valence-corrected chi connectivity index (χ3v) is 4.90. The maximum absolute atomic E-state index is 12.8. The molecule has 2 aliphatic rings. The first-order valence-corrected chi connectivity index (χ1v) is 9.48. The number of pyridine rings is 1. The van der Waals surface area contributed by atoms with Gasteiger partial charge in [0.25, 0.3) is 0 Å².